The second-order valence-electron chi connectivity index (χ2n) is 4.40. The van der Waals surface area contributed by atoms with Crippen LogP contribution in [0.15, 0.2) is 31.8 Å². The second kappa shape index (κ2) is 5.97. The first-order valence-corrected chi connectivity index (χ1v) is 7.40. The maximum Gasteiger partial charge on any atom is 0.272 e. The fraction of sp³-hybridized carbons (Fsp3) is 0.231. The Balaban J connectivity index is 2.17. The van der Waals surface area contributed by atoms with Crippen LogP contribution in [0.2, 0.25) is 0 Å². The van der Waals surface area contributed by atoms with Gasteiger partial charge in [-0.15, -0.1) is 0 Å². The van der Waals surface area contributed by atoms with E-state index in [1.165, 1.54) is 0 Å². The van der Waals surface area contributed by atoms with Gasteiger partial charge >= 0.3 is 0 Å². The van der Waals surface area contributed by atoms with E-state index in [9.17, 15) is 10.1 Å². The maximum atomic E-state index is 10.9. The van der Waals surface area contributed by atoms with Crippen molar-refractivity contribution < 1.29 is 9.34 Å². The molecule has 2 aromatic rings. The van der Waals surface area contributed by atoms with Crippen LogP contribution in [0.3, 0.4) is 0 Å². The van der Waals surface area contributed by atoms with E-state index >= 15 is 0 Å². The zero-order valence-corrected chi connectivity index (χ0v) is 14.0. The van der Waals surface area contributed by atoms with Crippen molar-refractivity contribution in [2.45, 2.75) is 20.4 Å². The van der Waals surface area contributed by atoms with Crippen molar-refractivity contribution >= 4 is 43.2 Å². The number of anilines is 1. The molecule has 1 heterocycles. The monoisotopic (exact) mass is 402 g/mol. The SMILES string of the molecule is Cc1cc([N+](=O)[O-])c(C)cc1NCc1cc(Br)c(Br)o1. The van der Waals surface area contributed by atoms with Crippen molar-refractivity contribution in [3.63, 3.8) is 0 Å². The lowest BCUT2D eigenvalue weighted by atomic mass is 10.1. The highest BCUT2D eigenvalue weighted by Crippen LogP contribution is 2.29. The normalized spacial score (nSPS) is 10.6. The minimum atomic E-state index is -0.368. The molecule has 106 valence electrons. The Morgan fingerprint density at radius 2 is 1.95 bits per heavy atom. The topological polar surface area (TPSA) is 68.3 Å². The standard InChI is InChI=1S/C13H12Br2N2O3/c1-7-4-12(17(18)19)8(2)3-11(7)16-6-9-5-10(14)13(15)20-9/h3-5,16H,6H2,1-2H3. The summed E-state index contributed by atoms with van der Waals surface area (Å²) < 4.78 is 6.96. The molecule has 0 bridgehead atoms. The highest BCUT2D eigenvalue weighted by molar-refractivity contribution is 9.13. The molecule has 0 aliphatic carbocycles. The third-order valence-corrected chi connectivity index (χ3v) is 4.60. The van der Waals surface area contributed by atoms with Crippen molar-refractivity contribution in [2.24, 2.45) is 0 Å². The second-order valence-corrected chi connectivity index (χ2v) is 5.97. The van der Waals surface area contributed by atoms with Crippen molar-refractivity contribution in [2.75, 3.05) is 5.32 Å². The number of nitro groups is 1. The van der Waals surface area contributed by atoms with Gasteiger partial charge in [-0.2, -0.15) is 0 Å². The summed E-state index contributed by atoms with van der Waals surface area (Å²) in [7, 11) is 0. The fourth-order valence-electron chi connectivity index (χ4n) is 1.85. The molecule has 0 aliphatic rings. The van der Waals surface area contributed by atoms with Crippen LogP contribution in [0.25, 0.3) is 0 Å². The molecule has 1 aromatic heterocycles. The summed E-state index contributed by atoms with van der Waals surface area (Å²) in [6, 6.07) is 5.22. The van der Waals surface area contributed by atoms with Gasteiger partial charge in [-0.1, -0.05) is 0 Å². The average molecular weight is 404 g/mol. The average Bonchev–Trinajstić information content (AvgIpc) is 2.69. The number of aryl methyl sites for hydroxylation is 2. The van der Waals surface area contributed by atoms with Gasteiger partial charge in [-0.05, 0) is 63.4 Å². The zero-order valence-electron chi connectivity index (χ0n) is 10.9. The molecule has 0 unspecified atom stereocenters. The first-order valence-electron chi connectivity index (χ1n) is 5.81. The minimum absolute atomic E-state index is 0.136. The number of nitrogens with zero attached hydrogens (tertiary/aromatic N) is 1. The van der Waals surface area contributed by atoms with E-state index < -0.39 is 0 Å². The summed E-state index contributed by atoms with van der Waals surface area (Å²) in [6.45, 7) is 4.06. The van der Waals surface area contributed by atoms with Crippen molar-refractivity contribution in [1.29, 1.82) is 0 Å². The fourth-order valence-corrected chi connectivity index (χ4v) is 2.51. The Kier molecular flexibility index (Phi) is 4.49. The Hall–Kier alpha value is -1.34. The molecule has 5 nitrogen and oxygen atoms in total. The third-order valence-electron chi connectivity index (χ3n) is 2.89. The van der Waals surface area contributed by atoms with Crippen LogP contribution in [0.5, 0.6) is 0 Å². The number of hydrogen-bond donors (Lipinski definition) is 1. The first-order chi connectivity index (χ1) is 9.38. The van der Waals surface area contributed by atoms with Gasteiger partial charge in [0.1, 0.15) is 5.76 Å². The summed E-state index contributed by atoms with van der Waals surface area (Å²) in [5, 5.41) is 14.1. The number of hydrogen-bond acceptors (Lipinski definition) is 4. The molecule has 2 rings (SSSR count). The molecule has 0 saturated carbocycles. The summed E-state index contributed by atoms with van der Waals surface area (Å²) in [5.74, 6) is 0.763. The van der Waals surface area contributed by atoms with Crippen molar-refractivity contribution in [3.8, 4) is 0 Å². The van der Waals surface area contributed by atoms with Gasteiger partial charge in [-0.25, -0.2) is 0 Å². The molecule has 1 aromatic carbocycles. The number of nitro benzene ring substituents is 1. The van der Waals surface area contributed by atoms with Gasteiger partial charge in [-0.3, -0.25) is 10.1 Å². The van der Waals surface area contributed by atoms with E-state index in [0.717, 1.165) is 21.5 Å². The van der Waals surface area contributed by atoms with Gasteiger partial charge < -0.3 is 9.73 Å². The predicted octanol–water partition coefficient (Wildman–Crippen LogP) is 4.94. The van der Waals surface area contributed by atoms with E-state index in [-0.39, 0.29) is 10.6 Å². The lowest BCUT2D eigenvalue weighted by Gasteiger charge is -2.09. The van der Waals surface area contributed by atoms with Crippen LogP contribution >= 0.6 is 31.9 Å². The van der Waals surface area contributed by atoms with Crippen LogP contribution in [-0.4, -0.2) is 4.92 Å². The Bertz CT molecular complexity index is 648. The molecule has 0 atom stereocenters. The predicted molar refractivity (Wildman–Crippen MR) is 84.0 cm³/mol. The summed E-state index contributed by atoms with van der Waals surface area (Å²) in [5.41, 5.74) is 2.45. The Labute approximate surface area is 132 Å². The molecule has 0 saturated heterocycles. The molecule has 20 heavy (non-hydrogen) atoms. The maximum absolute atomic E-state index is 10.9. The van der Waals surface area contributed by atoms with Crippen molar-refractivity contribution in [3.05, 3.63) is 54.3 Å². The quantitative estimate of drug-likeness (QED) is 0.579. The molecule has 7 heteroatoms. The van der Waals surface area contributed by atoms with E-state index in [2.05, 4.69) is 37.2 Å². The van der Waals surface area contributed by atoms with E-state index in [1.807, 2.05) is 13.0 Å². The molecule has 0 radical (unpaired) electrons. The highest BCUT2D eigenvalue weighted by atomic mass is 79.9. The van der Waals surface area contributed by atoms with Gasteiger partial charge in [0.25, 0.3) is 5.69 Å². The number of nitrogens with one attached hydrogen (secondary N) is 1. The Morgan fingerprint density at radius 1 is 1.25 bits per heavy atom. The molecule has 0 amide bonds. The zero-order chi connectivity index (χ0) is 14.9. The number of halogens is 2. The minimum Gasteiger partial charge on any atom is -0.451 e. The summed E-state index contributed by atoms with van der Waals surface area (Å²) in [6.07, 6.45) is 0. The van der Waals surface area contributed by atoms with E-state index in [1.54, 1.807) is 19.1 Å². The van der Waals surface area contributed by atoms with Gasteiger partial charge in [0.2, 0.25) is 0 Å². The molecule has 0 aliphatic heterocycles. The largest absolute Gasteiger partial charge is 0.451 e. The third kappa shape index (κ3) is 3.21. The smallest absolute Gasteiger partial charge is 0.272 e. The molecule has 0 fully saturated rings. The summed E-state index contributed by atoms with van der Waals surface area (Å²) >= 11 is 6.63. The number of benzene rings is 1. The molecular weight excluding hydrogens is 392 g/mol. The van der Waals surface area contributed by atoms with E-state index in [0.29, 0.717) is 16.8 Å². The van der Waals surface area contributed by atoms with Gasteiger partial charge in [0, 0.05) is 17.3 Å². The Morgan fingerprint density at radius 3 is 2.50 bits per heavy atom. The van der Waals surface area contributed by atoms with Crippen LogP contribution in [0.4, 0.5) is 11.4 Å². The highest BCUT2D eigenvalue weighted by Gasteiger charge is 2.13. The van der Waals surface area contributed by atoms with Gasteiger partial charge in [0.05, 0.1) is 15.9 Å². The van der Waals surface area contributed by atoms with Crippen LogP contribution in [0.1, 0.15) is 16.9 Å². The summed E-state index contributed by atoms with van der Waals surface area (Å²) in [4.78, 5) is 10.5. The van der Waals surface area contributed by atoms with E-state index in [4.69, 9.17) is 4.42 Å². The van der Waals surface area contributed by atoms with Crippen LogP contribution in [0, 0.1) is 24.0 Å². The lowest BCUT2D eigenvalue weighted by molar-refractivity contribution is -0.385. The lowest BCUT2D eigenvalue weighted by Crippen LogP contribution is -2.02. The number of furan rings is 1. The first kappa shape index (κ1) is 15.1. The molecule has 1 N–H and O–H groups in total. The van der Waals surface area contributed by atoms with Crippen molar-refractivity contribution in [1.82, 2.24) is 0 Å². The molecular formula is C13H12Br2N2O3. The van der Waals surface area contributed by atoms with Crippen LogP contribution < -0.4 is 5.32 Å². The molecule has 0 spiro atoms. The number of rotatable bonds is 4. The van der Waals surface area contributed by atoms with Gasteiger partial charge in [0.15, 0.2) is 4.67 Å². The van der Waals surface area contributed by atoms with Crippen LogP contribution in [-0.2, 0) is 6.54 Å².